The van der Waals surface area contributed by atoms with E-state index < -0.39 is 0 Å². The lowest BCUT2D eigenvalue weighted by molar-refractivity contribution is 0.204. The quantitative estimate of drug-likeness (QED) is 0.795. The van der Waals surface area contributed by atoms with Gasteiger partial charge >= 0.3 is 0 Å². The fourth-order valence-corrected chi connectivity index (χ4v) is 2.33. The fourth-order valence-electron chi connectivity index (χ4n) is 2.33. The van der Waals surface area contributed by atoms with Crippen molar-refractivity contribution >= 4 is 0 Å². The van der Waals surface area contributed by atoms with Gasteiger partial charge in [0.1, 0.15) is 5.82 Å². The van der Waals surface area contributed by atoms with Crippen LogP contribution in [0.3, 0.4) is 0 Å². The molecule has 0 heterocycles. The molecule has 82 valence electrons. The second-order valence-corrected chi connectivity index (χ2v) is 4.31. The molecule has 0 saturated heterocycles. The Labute approximate surface area is 89.7 Å². The summed E-state index contributed by atoms with van der Waals surface area (Å²) < 4.78 is 12.8. The third-order valence-corrected chi connectivity index (χ3v) is 3.22. The van der Waals surface area contributed by atoms with Crippen LogP contribution in [0, 0.1) is 11.7 Å². The minimum Gasteiger partial charge on any atom is -0.328 e. The molecule has 3 N–H and O–H groups in total. The molecule has 1 aliphatic carbocycles. The van der Waals surface area contributed by atoms with Crippen LogP contribution in [0.4, 0.5) is 4.39 Å². The number of nitrogens with two attached hydrogens (primary N) is 1. The third-order valence-electron chi connectivity index (χ3n) is 3.22. The highest BCUT2D eigenvalue weighted by Gasteiger charge is 2.32. The monoisotopic (exact) mass is 208 g/mol. The van der Waals surface area contributed by atoms with Gasteiger partial charge in [-0.05, 0) is 43.5 Å². The summed E-state index contributed by atoms with van der Waals surface area (Å²) in [4.78, 5) is 0. The van der Waals surface area contributed by atoms with Crippen LogP contribution in [0.25, 0.3) is 0 Å². The van der Waals surface area contributed by atoms with Crippen molar-refractivity contribution in [3.05, 3.63) is 35.6 Å². The Morgan fingerprint density at radius 1 is 1.33 bits per heavy atom. The van der Waals surface area contributed by atoms with Gasteiger partial charge in [0.25, 0.3) is 0 Å². The summed E-state index contributed by atoms with van der Waals surface area (Å²) in [6, 6.07) is 7.38. The first kappa shape index (κ1) is 10.6. The first-order valence-electron chi connectivity index (χ1n) is 5.39. The van der Waals surface area contributed by atoms with Crippen molar-refractivity contribution in [3.8, 4) is 0 Å². The van der Waals surface area contributed by atoms with Crippen LogP contribution in [-0.2, 0) is 0 Å². The van der Waals surface area contributed by atoms with Gasteiger partial charge in [-0.1, -0.05) is 12.1 Å². The van der Waals surface area contributed by atoms with E-state index >= 15 is 0 Å². The van der Waals surface area contributed by atoms with E-state index in [2.05, 4.69) is 5.32 Å². The molecule has 0 bridgehead atoms. The van der Waals surface area contributed by atoms with Crippen LogP contribution >= 0.6 is 0 Å². The molecule has 1 aromatic carbocycles. The van der Waals surface area contributed by atoms with E-state index in [1.807, 2.05) is 19.2 Å². The molecule has 0 radical (unpaired) electrons. The lowest BCUT2D eigenvalue weighted by Gasteiger charge is -2.38. The van der Waals surface area contributed by atoms with E-state index in [1.54, 1.807) is 0 Å². The normalized spacial score (nSPS) is 27.1. The molecule has 1 fully saturated rings. The molecule has 0 spiro atoms. The maximum Gasteiger partial charge on any atom is 0.123 e. The van der Waals surface area contributed by atoms with Crippen LogP contribution in [0.2, 0.25) is 0 Å². The topological polar surface area (TPSA) is 38.0 Å². The van der Waals surface area contributed by atoms with Crippen LogP contribution in [0.1, 0.15) is 24.4 Å². The Kier molecular flexibility index (Phi) is 3.03. The number of hydrogen-bond donors (Lipinski definition) is 2. The van der Waals surface area contributed by atoms with Gasteiger partial charge in [-0.25, -0.2) is 4.39 Å². The van der Waals surface area contributed by atoms with Crippen LogP contribution in [0.15, 0.2) is 24.3 Å². The largest absolute Gasteiger partial charge is 0.328 e. The van der Waals surface area contributed by atoms with E-state index in [1.165, 1.54) is 12.1 Å². The number of benzene rings is 1. The van der Waals surface area contributed by atoms with Crippen molar-refractivity contribution in [3.63, 3.8) is 0 Å². The summed E-state index contributed by atoms with van der Waals surface area (Å²) in [7, 11) is 1.94. The number of halogens is 1. The Bertz CT molecular complexity index is 317. The molecule has 1 aliphatic rings. The van der Waals surface area contributed by atoms with Gasteiger partial charge in [-0.3, -0.25) is 0 Å². The van der Waals surface area contributed by atoms with Gasteiger partial charge in [-0.2, -0.15) is 0 Å². The highest BCUT2D eigenvalue weighted by atomic mass is 19.1. The van der Waals surface area contributed by atoms with Crippen molar-refractivity contribution in [2.24, 2.45) is 11.7 Å². The van der Waals surface area contributed by atoms with E-state index in [0.29, 0.717) is 18.0 Å². The SMILES string of the molecule is CNC(c1ccc(F)cc1)C1CC(N)C1. The Morgan fingerprint density at radius 2 is 1.93 bits per heavy atom. The predicted octanol–water partition coefficient (Wildman–Crippen LogP) is 1.82. The number of nitrogens with one attached hydrogen (secondary N) is 1. The van der Waals surface area contributed by atoms with Gasteiger partial charge < -0.3 is 11.1 Å². The maximum absolute atomic E-state index is 12.8. The zero-order valence-electron chi connectivity index (χ0n) is 8.91. The molecule has 2 rings (SSSR count). The average molecular weight is 208 g/mol. The maximum atomic E-state index is 12.8. The van der Waals surface area contributed by atoms with E-state index in [4.69, 9.17) is 5.73 Å². The summed E-state index contributed by atoms with van der Waals surface area (Å²) >= 11 is 0. The molecule has 1 saturated carbocycles. The Morgan fingerprint density at radius 3 is 2.40 bits per heavy atom. The highest BCUT2D eigenvalue weighted by Crippen LogP contribution is 2.36. The molecule has 0 aliphatic heterocycles. The first-order chi connectivity index (χ1) is 7.20. The van der Waals surface area contributed by atoms with Gasteiger partial charge in [0.05, 0.1) is 0 Å². The molecular weight excluding hydrogens is 191 g/mol. The zero-order chi connectivity index (χ0) is 10.8. The summed E-state index contributed by atoms with van der Waals surface area (Å²) in [5.74, 6) is 0.411. The molecule has 0 aromatic heterocycles. The highest BCUT2D eigenvalue weighted by molar-refractivity contribution is 5.21. The molecular formula is C12H17FN2. The molecule has 3 heteroatoms. The molecule has 1 unspecified atom stereocenters. The molecule has 1 atom stereocenters. The fraction of sp³-hybridized carbons (Fsp3) is 0.500. The second-order valence-electron chi connectivity index (χ2n) is 4.31. The smallest absolute Gasteiger partial charge is 0.123 e. The number of hydrogen-bond acceptors (Lipinski definition) is 2. The van der Waals surface area contributed by atoms with E-state index in [9.17, 15) is 4.39 Å². The average Bonchev–Trinajstić information content (AvgIpc) is 2.19. The molecule has 1 aromatic rings. The predicted molar refractivity (Wildman–Crippen MR) is 58.9 cm³/mol. The summed E-state index contributed by atoms with van der Waals surface area (Å²) in [6.45, 7) is 0. The zero-order valence-corrected chi connectivity index (χ0v) is 8.91. The molecule has 15 heavy (non-hydrogen) atoms. The van der Waals surface area contributed by atoms with Crippen LogP contribution in [-0.4, -0.2) is 13.1 Å². The van der Waals surface area contributed by atoms with Crippen molar-refractivity contribution in [1.29, 1.82) is 0 Å². The van der Waals surface area contributed by atoms with Crippen molar-refractivity contribution in [1.82, 2.24) is 5.32 Å². The summed E-state index contributed by atoms with van der Waals surface area (Å²) in [5, 5.41) is 3.28. The van der Waals surface area contributed by atoms with Gasteiger partial charge in [0.15, 0.2) is 0 Å². The van der Waals surface area contributed by atoms with E-state index in [0.717, 1.165) is 18.4 Å². The lowest BCUT2D eigenvalue weighted by atomic mass is 9.74. The number of rotatable bonds is 3. The summed E-state index contributed by atoms with van der Waals surface area (Å²) in [5.41, 5.74) is 6.92. The Balaban J connectivity index is 2.09. The van der Waals surface area contributed by atoms with Crippen LogP contribution in [0.5, 0.6) is 0 Å². The van der Waals surface area contributed by atoms with Crippen LogP contribution < -0.4 is 11.1 Å². The first-order valence-corrected chi connectivity index (χ1v) is 5.39. The molecule has 0 amide bonds. The standard InChI is InChI=1S/C12H17FN2/c1-15-12(9-6-11(14)7-9)8-2-4-10(13)5-3-8/h2-5,9,11-12,15H,6-7,14H2,1H3. The third kappa shape index (κ3) is 2.19. The van der Waals surface area contributed by atoms with Crippen molar-refractivity contribution < 1.29 is 4.39 Å². The van der Waals surface area contributed by atoms with Gasteiger partial charge in [0.2, 0.25) is 0 Å². The molecule has 2 nitrogen and oxygen atoms in total. The van der Waals surface area contributed by atoms with Gasteiger partial charge in [-0.15, -0.1) is 0 Å². The van der Waals surface area contributed by atoms with Crippen molar-refractivity contribution in [2.75, 3.05) is 7.05 Å². The van der Waals surface area contributed by atoms with Crippen molar-refractivity contribution in [2.45, 2.75) is 24.9 Å². The van der Waals surface area contributed by atoms with E-state index in [-0.39, 0.29) is 5.82 Å². The summed E-state index contributed by atoms with van der Waals surface area (Å²) in [6.07, 6.45) is 2.12. The lowest BCUT2D eigenvalue weighted by Crippen LogP contribution is -2.42. The minimum absolute atomic E-state index is 0.182. The Hall–Kier alpha value is -0.930. The second kappa shape index (κ2) is 4.29. The minimum atomic E-state index is -0.182. The van der Waals surface area contributed by atoms with Gasteiger partial charge in [0, 0.05) is 12.1 Å².